The Hall–Kier alpha value is -2.26. The lowest BCUT2D eigenvalue weighted by atomic mass is 10.0. The lowest BCUT2D eigenvalue weighted by Gasteiger charge is -2.16. The molecule has 2 aromatic heterocycles. The van der Waals surface area contributed by atoms with E-state index in [4.69, 9.17) is 0 Å². The monoisotopic (exact) mass is 303 g/mol. The van der Waals surface area contributed by atoms with Crippen LogP contribution in [0.15, 0.2) is 60.9 Å². The van der Waals surface area contributed by atoms with Gasteiger partial charge in [-0.05, 0) is 61.2 Å². The van der Waals surface area contributed by atoms with Crippen molar-refractivity contribution in [2.24, 2.45) is 5.92 Å². The van der Waals surface area contributed by atoms with Crippen molar-refractivity contribution >= 4 is 10.9 Å². The highest BCUT2D eigenvalue weighted by atomic mass is 15.1. The molecule has 0 radical (unpaired) electrons. The van der Waals surface area contributed by atoms with Crippen LogP contribution in [0, 0.1) is 5.92 Å². The van der Waals surface area contributed by atoms with Gasteiger partial charge >= 0.3 is 0 Å². The minimum atomic E-state index is 0.729. The van der Waals surface area contributed by atoms with Crippen LogP contribution in [0.2, 0.25) is 0 Å². The van der Waals surface area contributed by atoms with E-state index in [-0.39, 0.29) is 0 Å². The van der Waals surface area contributed by atoms with Crippen LogP contribution >= 0.6 is 0 Å². The molecule has 1 saturated heterocycles. The molecule has 3 heterocycles. The lowest BCUT2D eigenvalue weighted by molar-refractivity contribution is 0.316. The van der Waals surface area contributed by atoms with Crippen molar-refractivity contribution in [3.63, 3.8) is 0 Å². The van der Waals surface area contributed by atoms with Crippen molar-refractivity contribution in [2.75, 3.05) is 13.1 Å². The standard InChI is InChI=1S/C20H21N3/c1-2-9-21-19(5-1)13-17-8-11-23(15-17)14-16-6-7-20-18(12-16)4-3-10-22-20/h1-7,9-10,12,17H,8,11,13-15H2. The summed E-state index contributed by atoms with van der Waals surface area (Å²) < 4.78 is 0. The summed E-state index contributed by atoms with van der Waals surface area (Å²) in [4.78, 5) is 11.4. The van der Waals surface area contributed by atoms with Gasteiger partial charge < -0.3 is 0 Å². The molecule has 0 saturated carbocycles. The molecule has 1 fully saturated rings. The largest absolute Gasteiger partial charge is 0.299 e. The number of nitrogens with zero attached hydrogens (tertiary/aromatic N) is 3. The fraction of sp³-hybridized carbons (Fsp3) is 0.300. The van der Waals surface area contributed by atoms with Gasteiger partial charge in [0.15, 0.2) is 0 Å². The summed E-state index contributed by atoms with van der Waals surface area (Å²) in [5.74, 6) is 0.729. The first kappa shape index (κ1) is 14.3. The maximum Gasteiger partial charge on any atom is 0.0702 e. The number of hydrogen-bond acceptors (Lipinski definition) is 3. The van der Waals surface area contributed by atoms with Crippen LogP contribution < -0.4 is 0 Å². The predicted octanol–water partition coefficient (Wildman–Crippen LogP) is 3.69. The van der Waals surface area contributed by atoms with E-state index in [9.17, 15) is 0 Å². The summed E-state index contributed by atoms with van der Waals surface area (Å²) in [6.45, 7) is 3.38. The van der Waals surface area contributed by atoms with Crippen LogP contribution in [0.4, 0.5) is 0 Å². The minimum absolute atomic E-state index is 0.729. The van der Waals surface area contributed by atoms with Gasteiger partial charge in [-0.25, -0.2) is 0 Å². The number of pyridine rings is 2. The van der Waals surface area contributed by atoms with E-state index < -0.39 is 0 Å². The molecule has 1 aliphatic heterocycles. The van der Waals surface area contributed by atoms with Gasteiger partial charge in [-0.2, -0.15) is 0 Å². The van der Waals surface area contributed by atoms with Gasteiger partial charge in [0.1, 0.15) is 0 Å². The van der Waals surface area contributed by atoms with Crippen molar-refractivity contribution in [1.29, 1.82) is 0 Å². The van der Waals surface area contributed by atoms with E-state index in [1.807, 2.05) is 24.5 Å². The highest BCUT2D eigenvalue weighted by molar-refractivity contribution is 5.78. The van der Waals surface area contributed by atoms with Crippen molar-refractivity contribution in [3.8, 4) is 0 Å². The average Bonchev–Trinajstić information content (AvgIpc) is 3.02. The topological polar surface area (TPSA) is 29.0 Å². The molecule has 1 aromatic carbocycles. The molecule has 3 nitrogen and oxygen atoms in total. The minimum Gasteiger partial charge on any atom is -0.299 e. The van der Waals surface area contributed by atoms with E-state index in [1.54, 1.807) is 0 Å². The van der Waals surface area contributed by atoms with Crippen LogP contribution in [-0.2, 0) is 13.0 Å². The fourth-order valence-corrected chi connectivity index (χ4v) is 3.52. The zero-order valence-electron chi connectivity index (χ0n) is 13.2. The summed E-state index contributed by atoms with van der Waals surface area (Å²) in [5, 5.41) is 1.23. The second-order valence-electron chi connectivity index (χ2n) is 6.45. The molecule has 1 unspecified atom stereocenters. The van der Waals surface area contributed by atoms with Gasteiger partial charge in [0.25, 0.3) is 0 Å². The van der Waals surface area contributed by atoms with Crippen molar-refractivity contribution in [2.45, 2.75) is 19.4 Å². The molecule has 0 spiro atoms. The Morgan fingerprint density at radius 3 is 2.87 bits per heavy atom. The Morgan fingerprint density at radius 1 is 1.00 bits per heavy atom. The molecular weight excluding hydrogens is 282 g/mol. The first-order valence-corrected chi connectivity index (χ1v) is 8.33. The average molecular weight is 303 g/mol. The third-order valence-electron chi connectivity index (χ3n) is 4.67. The number of rotatable bonds is 4. The van der Waals surface area contributed by atoms with Crippen LogP contribution in [0.5, 0.6) is 0 Å². The van der Waals surface area contributed by atoms with Gasteiger partial charge in [0.05, 0.1) is 5.52 Å². The number of hydrogen-bond donors (Lipinski definition) is 0. The SMILES string of the molecule is c1ccc(CC2CCN(Cc3ccc4ncccc4c3)C2)nc1. The Bertz CT molecular complexity index is 785. The lowest BCUT2D eigenvalue weighted by Crippen LogP contribution is -2.20. The molecule has 3 aromatic rings. The molecule has 1 aliphatic rings. The van der Waals surface area contributed by atoms with E-state index >= 15 is 0 Å². The summed E-state index contributed by atoms with van der Waals surface area (Å²) in [6.07, 6.45) is 6.11. The Kier molecular flexibility index (Phi) is 4.03. The van der Waals surface area contributed by atoms with Crippen molar-refractivity contribution in [3.05, 3.63) is 72.2 Å². The molecule has 0 bridgehead atoms. The molecule has 0 aliphatic carbocycles. The molecule has 1 atom stereocenters. The van der Waals surface area contributed by atoms with Gasteiger partial charge in [-0.1, -0.05) is 18.2 Å². The summed E-state index contributed by atoms with van der Waals surface area (Å²) >= 11 is 0. The first-order valence-electron chi connectivity index (χ1n) is 8.33. The summed E-state index contributed by atoms with van der Waals surface area (Å²) in [5.41, 5.74) is 3.67. The smallest absolute Gasteiger partial charge is 0.0702 e. The third-order valence-corrected chi connectivity index (χ3v) is 4.67. The van der Waals surface area contributed by atoms with Gasteiger partial charge in [0.2, 0.25) is 0 Å². The summed E-state index contributed by atoms with van der Waals surface area (Å²) in [6, 6.07) is 17.0. The Balaban J connectivity index is 1.39. The molecular formula is C20H21N3. The van der Waals surface area contributed by atoms with Crippen molar-refractivity contribution < 1.29 is 0 Å². The van der Waals surface area contributed by atoms with Gasteiger partial charge in [0, 0.05) is 36.6 Å². The molecule has 3 heteroatoms. The van der Waals surface area contributed by atoms with E-state index in [1.165, 1.54) is 36.2 Å². The predicted molar refractivity (Wildman–Crippen MR) is 93.1 cm³/mol. The Morgan fingerprint density at radius 2 is 1.96 bits per heavy atom. The van der Waals surface area contributed by atoms with Gasteiger partial charge in [-0.15, -0.1) is 0 Å². The molecule has 0 amide bonds. The first-order chi connectivity index (χ1) is 11.4. The Labute approximate surface area is 137 Å². The van der Waals surface area contributed by atoms with Crippen LogP contribution in [0.1, 0.15) is 17.7 Å². The zero-order valence-corrected chi connectivity index (χ0v) is 13.2. The number of aromatic nitrogens is 2. The molecule has 4 rings (SSSR count). The zero-order chi connectivity index (χ0) is 15.5. The maximum atomic E-state index is 4.46. The molecule has 23 heavy (non-hydrogen) atoms. The van der Waals surface area contributed by atoms with Gasteiger partial charge in [-0.3, -0.25) is 14.9 Å². The normalized spacial score (nSPS) is 18.5. The second-order valence-corrected chi connectivity index (χ2v) is 6.45. The fourth-order valence-electron chi connectivity index (χ4n) is 3.52. The molecule has 116 valence electrons. The maximum absolute atomic E-state index is 4.46. The molecule has 0 N–H and O–H groups in total. The van der Waals surface area contributed by atoms with Crippen LogP contribution in [0.3, 0.4) is 0 Å². The third kappa shape index (κ3) is 3.40. The quantitative estimate of drug-likeness (QED) is 0.736. The summed E-state index contributed by atoms with van der Waals surface area (Å²) in [7, 11) is 0. The highest BCUT2D eigenvalue weighted by Crippen LogP contribution is 2.23. The van der Waals surface area contributed by atoms with Crippen LogP contribution in [-0.4, -0.2) is 28.0 Å². The van der Waals surface area contributed by atoms with E-state index in [2.05, 4.69) is 51.3 Å². The van der Waals surface area contributed by atoms with Crippen LogP contribution in [0.25, 0.3) is 10.9 Å². The van der Waals surface area contributed by atoms with E-state index in [0.717, 1.165) is 24.4 Å². The second kappa shape index (κ2) is 6.47. The number of likely N-dealkylation sites (tertiary alicyclic amines) is 1. The van der Waals surface area contributed by atoms with E-state index in [0.29, 0.717) is 0 Å². The highest BCUT2D eigenvalue weighted by Gasteiger charge is 2.22. The van der Waals surface area contributed by atoms with Crippen molar-refractivity contribution in [1.82, 2.24) is 14.9 Å². The number of fused-ring (bicyclic) bond motifs is 1. The number of benzene rings is 1.